The summed E-state index contributed by atoms with van der Waals surface area (Å²) >= 11 is 0. The van der Waals surface area contributed by atoms with Crippen LogP contribution < -0.4 is 5.32 Å². The van der Waals surface area contributed by atoms with E-state index in [0.29, 0.717) is 18.2 Å². The third kappa shape index (κ3) is 3.64. The summed E-state index contributed by atoms with van der Waals surface area (Å²) in [6.07, 6.45) is 2.17. The smallest absolute Gasteiger partial charge is 0.224 e. The summed E-state index contributed by atoms with van der Waals surface area (Å²) in [5.74, 6) is 1.03. The van der Waals surface area contributed by atoms with Crippen molar-refractivity contribution in [2.75, 3.05) is 5.32 Å². The van der Waals surface area contributed by atoms with E-state index in [9.17, 15) is 4.79 Å². The second-order valence-electron chi connectivity index (χ2n) is 4.97. The topological polar surface area (TPSA) is 59.8 Å². The van der Waals surface area contributed by atoms with Gasteiger partial charge in [-0.15, -0.1) is 0 Å². The molecule has 0 radical (unpaired) electrons. The number of amides is 1. The van der Waals surface area contributed by atoms with Crippen molar-refractivity contribution in [3.63, 3.8) is 0 Å². The van der Waals surface area contributed by atoms with Gasteiger partial charge >= 0.3 is 0 Å². The van der Waals surface area contributed by atoms with E-state index in [1.54, 1.807) is 11.0 Å². The number of hydrogen-bond acceptors (Lipinski definition) is 3. The molecule has 0 saturated heterocycles. The predicted molar refractivity (Wildman–Crippen MR) is 74.5 cm³/mol. The normalized spacial score (nSPS) is 10.7. The first-order chi connectivity index (χ1) is 9.04. The highest BCUT2D eigenvalue weighted by Gasteiger charge is 2.07. The summed E-state index contributed by atoms with van der Waals surface area (Å²) in [4.78, 5) is 15.9. The molecule has 100 valence electrons. The molecule has 5 nitrogen and oxygen atoms in total. The van der Waals surface area contributed by atoms with E-state index in [1.165, 1.54) is 0 Å². The molecule has 0 fully saturated rings. The average Bonchev–Trinajstić information content (AvgIpc) is 2.75. The van der Waals surface area contributed by atoms with Gasteiger partial charge < -0.3 is 5.32 Å². The third-order valence-electron chi connectivity index (χ3n) is 2.60. The summed E-state index contributed by atoms with van der Waals surface area (Å²) in [6, 6.07) is 7.56. The average molecular weight is 258 g/mol. The van der Waals surface area contributed by atoms with E-state index in [1.807, 2.05) is 45.2 Å². The predicted octanol–water partition coefficient (Wildman–Crippen LogP) is 2.47. The minimum Gasteiger partial charge on any atom is -0.326 e. The van der Waals surface area contributed by atoms with Crippen LogP contribution in [0, 0.1) is 5.92 Å². The van der Waals surface area contributed by atoms with E-state index in [0.717, 1.165) is 11.3 Å². The first kappa shape index (κ1) is 13.3. The highest BCUT2D eigenvalue weighted by Crippen LogP contribution is 2.19. The van der Waals surface area contributed by atoms with E-state index >= 15 is 0 Å². The Morgan fingerprint density at radius 2 is 2.21 bits per heavy atom. The van der Waals surface area contributed by atoms with E-state index in [2.05, 4.69) is 15.4 Å². The zero-order valence-corrected chi connectivity index (χ0v) is 11.4. The molecule has 0 atom stereocenters. The van der Waals surface area contributed by atoms with Crippen molar-refractivity contribution < 1.29 is 4.79 Å². The van der Waals surface area contributed by atoms with Crippen molar-refractivity contribution in [3.8, 4) is 11.4 Å². The molecular formula is C14H18N4O. The fraction of sp³-hybridized carbons (Fsp3) is 0.357. The largest absolute Gasteiger partial charge is 0.326 e. The zero-order chi connectivity index (χ0) is 13.8. The summed E-state index contributed by atoms with van der Waals surface area (Å²) in [5.41, 5.74) is 1.67. The number of carbonyl (C=O) groups is 1. The van der Waals surface area contributed by atoms with Crippen LogP contribution in [0.15, 0.2) is 30.6 Å². The van der Waals surface area contributed by atoms with Gasteiger partial charge in [0.25, 0.3) is 0 Å². The van der Waals surface area contributed by atoms with Gasteiger partial charge in [0.2, 0.25) is 5.91 Å². The summed E-state index contributed by atoms with van der Waals surface area (Å²) in [5, 5.41) is 7.13. The number of rotatable bonds is 4. The molecule has 0 unspecified atom stereocenters. The SMILES string of the molecule is CC(C)CC(=O)Nc1cccc(-c2ncn(C)n2)c1. The van der Waals surface area contributed by atoms with Crippen LogP contribution >= 0.6 is 0 Å². The number of nitrogens with one attached hydrogen (secondary N) is 1. The molecule has 1 aromatic heterocycles. The van der Waals surface area contributed by atoms with Gasteiger partial charge in [-0.2, -0.15) is 5.10 Å². The Hall–Kier alpha value is -2.17. The fourth-order valence-electron chi connectivity index (χ4n) is 1.79. The van der Waals surface area contributed by atoms with Crippen LogP contribution in [0.3, 0.4) is 0 Å². The fourth-order valence-corrected chi connectivity index (χ4v) is 1.79. The molecular weight excluding hydrogens is 240 g/mol. The minimum atomic E-state index is 0.0288. The van der Waals surface area contributed by atoms with Crippen LogP contribution in [0.25, 0.3) is 11.4 Å². The van der Waals surface area contributed by atoms with E-state index in [-0.39, 0.29) is 5.91 Å². The number of aryl methyl sites for hydroxylation is 1. The van der Waals surface area contributed by atoms with Gasteiger partial charge in [0.05, 0.1) is 0 Å². The van der Waals surface area contributed by atoms with Crippen molar-refractivity contribution in [3.05, 3.63) is 30.6 Å². The molecule has 0 aliphatic heterocycles. The molecule has 0 saturated carbocycles. The van der Waals surface area contributed by atoms with Crippen molar-refractivity contribution in [1.29, 1.82) is 0 Å². The van der Waals surface area contributed by atoms with Gasteiger partial charge in [0.15, 0.2) is 5.82 Å². The molecule has 0 aliphatic rings. The number of anilines is 1. The van der Waals surface area contributed by atoms with Crippen LogP contribution in [-0.2, 0) is 11.8 Å². The van der Waals surface area contributed by atoms with Crippen LogP contribution in [0.2, 0.25) is 0 Å². The first-order valence-corrected chi connectivity index (χ1v) is 6.30. The first-order valence-electron chi connectivity index (χ1n) is 6.30. The lowest BCUT2D eigenvalue weighted by Gasteiger charge is -2.07. The second kappa shape index (κ2) is 5.65. The molecule has 5 heteroatoms. The summed E-state index contributed by atoms with van der Waals surface area (Å²) in [7, 11) is 1.82. The van der Waals surface area contributed by atoms with Crippen LogP contribution in [0.5, 0.6) is 0 Å². The van der Waals surface area contributed by atoms with Crippen molar-refractivity contribution in [2.24, 2.45) is 13.0 Å². The number of aromatic nitrogens is 3. The van der Waals surface area contributed by atoms with Crippen molar-refractivity contribution in [1.82, 2.24) is 14.8 Å². The summed E-state index contributed by atoms with van der Waals surface area (Å²) in [6.45, 7) is 4.04. The van der Waals surface area contributed by atoms with Gasteiger partial charge in [-0.1, -0.05) is 26.0 Å². The van der Waals surface area contributed by atoms with E-state index < -0.39 is 0 Å². The Morgan fingerprint density at radius 1 is 1.42 bits per heavy atom. The molecule has 1 heterocycles. The number of carbonyl (C=O) groups excluding carboxylic acids is 1. The molecule has 1 N–H and O–H groups in total. The number of nitrogens with zero attached hydrogens (tertiary/aromatic N) is 3. The Labute approximate surface area is 112 Å². The molecule has 0 bridgehead atoms. The maximum Gasteiger partial charge on any atom is 0.224 e. The second-order valence-corrected chi connectivity index (χ2v) is 4.97. The van der Waals surface area contributed by atoms with Gasteiger partial charge in [0.1, 0.15) is 6.33 Å². The van der Waals surface area contributed by atoms with Gasteiger partial charge in [-0.3, -0.25) is 9.48 Å². The van der Waals surface area contributed by atoms with Crippen molar-refractivity contribution in [2.45, 2.75) is 20.3 Å². The van der Waals surface area contributed by atoms with Gasteiger partial charge in [-0.05, 0) is 18.1 Å². The maximum absolute atomic E-state index is 11.7. The van der Waals surface area contributed by atoms with E-state index in [4.69, 9.17) is 0 Å². The Balaban J connectivity index is 2.13. The highest BCUT2D eigenvalue weighted by atomic mass is 16.1. The third-order valence-corrected chi connectivity index (χ3v) is 2.60. The van der Waals surface area contributed by atoms with Crippen LogP contribution in [0.1, 0.15) is 20.3 Å². The maximum atomic E-state index is 11.7. The minimum absolute atomic E-state index is 0.0288. The molecule has 19 heavy (non-hydrogen) atoms. The number of benzene rings is 1. The van der Waals surface area contributed by atoms with Crippen LogP contribution in [-0.4, -0.2) is 20.7 Å². The monoisotopic (exact) mass is 258 g/mol. The van der Waals surface area contributed by atoms with Gasteiger partial charge in [0, 0.05) is 24.7 Å². The molecule has 2 aromatic rings. The summed E-state index contributed by atoms with van der Waals surface area (Å²) < 4.78 is 1.65. The quantitative estimate of drug-likeness (QED) is 0.916. The Kier molecular flexibility index (Phi) is 3.94. The van der Waals surface area contributed by atoms with Gasteiger partial charge in [-0.25, -0.2) is 4.98 Å². The Bertz CT molecular complexity index is 574. The molecule has 1 aromatic carbocycles. The Morgan fingerprint density at radius 3 is 2.84 bits per heavy atom. The molecule has 0 aliphatic carbocycles. The van der Waals surface area contributed by atoms with Crippen LogP contribution in [0.4, 0.5) is 5.69 Å². The zero-order valence-electron chi connectivity index (χ0n) is 11.4. The standard InChI is InChI=1S/C14H18N4O/c1-10(2)7-13(19)16-12-6-4-5-11(8-12)14-15-9-18(3)17-14/h4-6,8-10H,7H2,1-3H3,(H,16,19). The molecule has 2 rings (SSSR count). The lowest BCUT2D eigenvalue weighted by molar-refractivity contribution is -0.116. The number of hydrogen-bond donors (Lipinski definition) is 1. The van der Waals surface area contributed by atoms with Crippen molar-refractivity contribution >= 4 is 11.6 Å². The lowest BCUT2D eigenvalue weighted by atomic mass is 10.1. The highest BCUT2D eigenvalue weighted by molar-refractivity contribution is 5.91. The lowest BCUT2D eigenvalue weighted by Crippen LogP contribution is -2.13. The molecule has 0 spiro atoms. The molecule has 1 amide bonds.